The van der Waals surface area contributed by atoms with Crippen LogP contribution >= 0.6 is 23.1 Å². The van der Waals surface area contributed by atoms with E-state index in [0.29, 0.717) is 16.2 Å². The maximum Gasteiger partial charge on any atom is 0.277 e. The standard InChI is InChI=1S/C18H20N4O2S2/c1-11(14(23)20-16-19-9-10-25-16)26-17-22-21-15(24-17)12-5-7-13(8-6-12)18(2,3)4/h5-11H,1-4H3,(H,19,20,23)/t11-/m1/s1. The van der Waals surface area contributed by atoms with E-state index in [1.807, 2.05) is 17.5 Å². The molecule has 0 aliphatic rings. The van der Waals surface area contributed by atoms with Crippen molar-refractivity contribution in [1.82, 2.24) is 15.2 Å². The van der Waals surface area contributed by atoms with Crippen molar-refractivity contribution < 1.29 is 9.21 Å². The largest absolute Gasteiger partial charge is 0.411 e. The summed E-state index contributed by atoms with van der Waals surface area (Å²) in [5, 5.41) is 13.2. The molecule has 3 aromatic rings. The number of hydrogen-bond donors (Lipinski definition) is 1. The minimum atomic E-state index is -0.379. The Labute approximate surface area is 160 Å². The summed E-state index contributed by atoms with van der Waals surface area (Å²) in [5.74, 6) is 0.291. The minimum absolute atomic E-state index is 0.0919. The molecule has 6 nitrogen and oxygen atoms in total. The highest BCUT2D eigenvalue weighted by Gasteiger charge is 2.20. The van der Waals surface area contributed by atoms with Gasteiger partial charge in [0.25, 0.3) is 5.22 Å². The fourth-order valence-electron chi connectivity index (χ4n) is 2.18. The van der Waals surface area contributed by atoms with Gasteiger partial charge in [-0.25, -0.2) is 4.98 Å². The summed E-state index contributed by atoms with van der Waals surface area (Å²) >= 11 is 2.60. The molecule has 0 aliphatic heterocycles. The van der Waals surface area contributed by atoms with Crippen molar-refractivity contribution in [3.63, 3.8) is 0 Å². The molecule has 0 spiro atoms. The van der Waals surface area contributed by atoms with Crippen LogP contribution in [-0.4, -0.2) is 26.3 Å². The van der Waals surface area contributed by atoms with Crippen LogP contribution in [0, 0.1) is 0 Å². The summed E-state index contributed by atoms with van der Waals surface area (Å²) < 4.78 is 5.70. The summed E-state index contributed by atoms with van der Waals surface area (Å²) in [6, 6.07) is 8.08. The first-order chi connectivity index (χ1) is 12.3. The minimum Gasteiger partial charge on any atom is -0.411 e. The number of rotatable bonds is 5. The molecule has 0 saturated carbocycles. The van der Waals surface area contributed by atoms with Crippen LogP contribution in [0.2, 0.25) is 0 Å². The van der Waals surface area contributed by atoms with Crippen LogP contribution in [-0.2, 0) is 10.2 Å². The van der Waals surface area contributed by atoms with Crippen LogP contribution in [0.15, 0.2) is 45.5 Å². The van der Waals surface area contributed by atoms with Gasteiger partial charge in [0.2, 0.25) is 11.8 Å². The molecule has 0 fully saturated rings. The van der Waals surface area contributed by atoms with Gasteiger partial charge in [-0.15, -0.1) is 21.5 Å². The molecule has 1 atom stereocenters. The number of nitrogens with zero attached hydrogens (tertiary/aromatic N) is 3. The van der Waals surface area contributed by atoms with Gasteiger partial charge in [-0.3, -0.25) is 4.79 Å². The highest BCUT2D eigenvalue weighted by Crippen LogP contribution is 2.29. The van der Waals surface area contributed by atoms with Gasteiger partial charge in [-0.2, -0.15) is 0 Å². The van der Waals surface area contributed by atoms with E-state index in [2.05, 4.69) is 53.4 Å². The number of thiazole rings is 1. The molecule has 26 heavy (non-hydrogen) atoms. The molecule has 2 heterocycles. The third-order valence-electron chi connectivity index (χ3n) is 3.71. The zero-order valence-electron chi connectivity index (χ0n) is 15.0. The zero-order valence-corrected chi connectivity index (χ0v) is 16.6. The van der Waals surface area contributed by atoms with Crippen LogP contribution in [0.4, 0.5) is 5.13 Å². The molecule has 0 unspecified atom stereocenters. The number of anilines is 1. The molecule has 0 radical (unpaired) electrons. The second kappa shape index (κ2) is 7.59. The molecule has 8 heteroatoms. The van der Waals surface area contributed by atoms with Crippen LogP contribution < -0.4 is 5.32 Å². The van der Waals surface area contributed by atoms with Gasteiger partial charge in [0.15, 0.2) is 5.13 Å². The summed E-state index contributed by atoms with van der Waals surface area (Å²) in [7, 11) is 0. The predicted molar refractivity (Wildman–Crippen MR) is 104 cm³/mol. The van der Waals surface area contributed by atoms with Gasteiger partial charge in [0.1, 0.15) is 0 Å². The topological polar surface area (TPSA) is 80.9 Å². The van der Waals surface area contributed by atoms with Crippen LogP contribution in [0.25, 0.3) is 11.5 Å². The number of thioether (sulfide) groups is 1. The molecule has 136 valence electrons. The van der Waals surface area contributed by atoms with Crippen molar-refractivity contribution in [1.29, 1.82) is 0 Å². The van der Waals surface area contributed by atoms with E-state index in [9.17, 15) is 4.79 Å². The van der Waals surface area contributed by atoms with E-state index in [0.717, 1.165) is 5.56 Å². The first-order valence-corrected chi connectivity index (χ1v) is 9.90. The van der Waals surface area contributed by atoms with E-state index >= 15 is 0 Å². The summed E-state index contributed by atoms with van der Waals surface area (Å²) in [4.78, 5) is 16.2. The van der Waals surface area contributed by atoms with Crippen molar-refractivity contribution >= 4 is 34.1 Å². The Balaban J connectivity index is 1.65. The van der Waals surface area contributed by atoms with Gasteiger partial charge in [0.05, 0.1) is 5.25 Å². The monoisotopic (exact) mass is 388 g/mol. The summed E-state index contributed by atoms with van der Waals surface area (Å²) in [5.41, 5.74) is 2.19. The molecule has 1 aromatic carbocycles. The van der Waals surface area contributed by atoms with Crippen molar-refractivity contribution in [2.24, 2.45) is 0 Å². The first kappa shape index (κ1) is 18.6. The molecule has 2 aromatic heterocycles. The molecule has 1 amide bonds. The molecule has 0 aliphatic carbocycles. The smallest absolute Gasteiger partial charge is 0.277 e. The number of carbonyl (C=O) groups is 1. The first-order valence-electron chi connectivity index (χ1n) is 8.14. The Morgan fingerprint density at radius 2 is 1.96 bits per heavy atom. The molecular formula is C18H20N4O2S2. The molecule has 1 N–H and O–H groups in total. The highest BCUT2D eigenvalue weighted by molar-refractivity contribution is 8.00. The van der Waals surface area contributed by atoms with Crippen molar-refractivity contribution in [2.75, 3.05) is 5.32 Å². The number of aromatic nitrogens is 3. The fourth-order valence-corrected chi connectivity index (χ4v) is 3.40. The van der Waals surface area contributed by atoms with Gasteiger partial charge in [-0.05, 0) is 30.0 Å². The quantitative estimate of drug-likeness (QED) is 0.643. The van der Waals surface area contributed by atoms with E-state index in [1.165, 1.54) is 28.7 Å². The van der Waals surface area contributed by atoms with Gasteiger partial charge < -0.3 is 9.73 Å². The van der Waals surface area contributed by atoms with Crippen molar-refractivity contribution in [2.45, 2.75) is 43.6 Å². The van der Waals surface area contributed by atoms with Crippen molar-refractivity contribution in [3.8, 4) is 11.5 Å². The Kier molecular flexibility index (Phi) is 5.43. The predicted octanol–water partition coefficient (Wildman–Crippen LogP) is 4.61. The average Bonchev–Trinajstić information content (AvgIpc) is 3.26. The maximum atomic E-state index is 12.2. The van der Waals surface area contributed by atoms with Crippen molar-refractivity contribution in [3.05, 3.63) is 41.4 Å². The Hall–Kier alpha value is -2.19. The third-order valence-corrected chi connectivity index (χ3v) is 5.34. The summed E-state index contributed by atoms with van der Waals surface area (Å²) in [6.07, 6.45) is 1.65. The second-order valence-corrected chi connectivity index (χ2v) is 8.97. The molecule has 0 bridgehead atoms. The lowest BCUT2D eigenvalue weighted by Crippen LogP contribution is -2.22. The Morgan fingerprint density at radius 3 is 2.58 bits per heavy atom. The zero-order chi connectivity index (χ0) is 18.7. The lowest BCUT2D eigenvalue weighted by molar-refractivity contribution is -0.115. The normalized spacial score (nSPS) is 12.8. The molecule has 0 saturated heterocycles. The average molecular weight is 389 g/mol. The highest BCUT2D eigenvalue weighted by atomic mass is 32.2. The van der Waals surface area contributed by atoms with Crippen LogP contribution in [0.1, 0.15) is 33.3 Å². The lowest BCUT2D eigenvalue weighted by atomic mass is 9.87. The SMILES string of the molecule is C[C@@H](Sc1nnc(-c2ccc(C(C)(C)C)cc2)o1)C(=O)Nc1nccs1. The molecule has 3 rings (SSSR count). The van der Waals surface area contributed by atoms with E-state index in [4.69, 9.17) is 4.42 Å². The Bertz CT molecular complexity index is 867. The number of nitrogens with one attached hydrogen (secondary N) is 1. The number of benzene rings is 1. The Morgan fingerprint density at radius 1 is 1.23 bits per heavy atom. The number of carbonyl (C=O) groups excluding carboxylic acids is 1. The number of amides is 1. The fraction of sp³-hybridized carbons (Fsp3) is 0.333. The maximum absolute atomic E-state index is 12.2. The van der Waals surface area contributed by atoms with Gasteiger partial charge in [0, 0.05) is 17.1 Å². The van der Waals surface area contributed by atoms with E-state index < -0.39 is 0 Å². The van der Waals surface area contributed by atoms with Crippen LogP contribution in [0.5, 0.6) is 0 Å². The van der Waals surface area contributed by atoms with E-state index in [-0.39, 0.29) is 16.6 Å². The second-order valence-electron chi connectivity index (χ2n) is 6.79. The van der Waals surface area contributed by atoms with Gasteiger partial charge >= 0.3 is 0 Å². The lowest BCUT2D eigenvalue weighted by Gasteiger charge is -2.18. The summed E-state index contributed by atoms with van der Waals surface area (Å²) in [6.45, 7) is 8.29. The van der Waals surface area contributed by atoms with E-state index in [1.54, 1.807) is 13.1 Å². The van der Waals surface area contributed by atoms with Gasteiger partial charge in [-0.1, -0.05) is 44.7 Å². The number of hydrogen-bond acceptors (Lipinski definition) is 7. The van der Waals surface area contributed by atoms with Crippen LogP contribution in [0.3, 0.4) is 0 Å². The molecular weight excluding hydrogens is 368 g/mol. The third kappa shape index (κ3) is 4.50.